The molecule has 2 aromatic rings. The summed E-state index contributed by atoms with van der Waals surface area (Å²) < 4.78 is 33.7. The van der Waals surface area contributed by atoms with Gasteiger partial charge in [-0.25, -0.2) is 8.78 Å². The molecule has 0 radical (unpaired) electrons. The minimum absolute atomic E-state index is 0.142. The van der Waals surface area contributed by atoms with E-state index < -0.39 is 23.6 Å². The predicted molar refractivity (Wildman–Crippen MR) is 102 cm³/mol. The summed E-state index contributed by atoms with van der Waals surface area (Å²) in [6.45, 7) is 1.63. The number of hydrogen-bond donors (Lipinski definition) is 3. The standard InChI is InChI=1S/C19H17F2N3O2S/c1-10-15(18(25)23-11-6-8-12(26-2)9-7-11)17(24-19(27)22-10)16-13(20)4-3-5-14(16)21/h3-9,17H,1-2H3,(H,23,25)(H2,22,24,27)/t17-/m1/s1. The Bertz CT molecular complexity index is 909. The normalized spacial score (nSPS) is 16.4. The molecule has 0 saturated heterocycles. The number of allylic oxidation sites excluding steroid dienone is 1. The van der Waals surface area contributed by atoms with Crippen LogP contribution in [-0.2, 0) is 4.79 Å². The van der Waals surface area contributed by atoms with Crippen molar-refractivity contribution in [1.29, 1.82) is 0 Å². The van der Waals surface area contributed by atoms with E-state index in [1.54, 1.807) is 31.2 Å². The topological polar surface area (TPSA) is 62.4 Å². The average molecular weight is 389 g/mol. The number of carbonyl (C=O) groups is 1. The van der Waals surface area contributed by atoms with Crippen LogP contribution in [0.1, 0.15) is 18.5 Å². The van der Waals surface area contributed by atoms with Crippen molar-refractivity contribution in [1.82, 2.24) is 10.6 Å². The lowest BCUT2D eigenvalue weighted by Gasteiger charge is -2.30. The van der Waals surface area contributed by atoms with E-state index in [9.17, 15) is 13.6 Å². The van der Waals surface area contributed by atoms with E-state index in [2.05, 4.69) is 16.0 Å². The number of anilines is 1. The smallest absolute Gasteiger partial charge is 0.255 e. The summed E-state index contributed by atoms with van der Waals surface area (Å²) in [4.78, 5) is 12.9. The van der Waals surface area contributed by atoms with Gasteiger partial charge in [-0.2, -0.15) is 0 Å². The molecule has 1 heterocycles. The van der Waals surface area contributed by atoms with E-state index in [0.717, 1.165) is 12.1 Å². The molecule has 5 nitrogen and oxygen atoms in total. The molecule has 0 aromatic heterocycles. The Morgan fingerprint density at radius 1 is 1.15 bits per heavy atom. The van der Waals surface area contributed by atoms with Gasteiger partial charge in [-0.1, -0.05) is 6.07 Å². The van der Waals surface area contributed by atoms with Gasteiger partial charge in [0.05, 0.1) is 24.3 Å². The van der Waals surface area contributed by atoms with Crippen LogP contribution in [-0.4, -0.2) is 18.1 Å². The third kappa shape index (κ3) is 3.90. The second-order valence-electron chi connectivity index (χ2n) is 5.89. The number of ether oxygens (including phenoxy) is 1. The number of halogens is 2. The Balaban J connectivity index is 1.97. The van der Waals surface area contributed by atoms with Crippen LogP contribution in [0, 0.1) is 11.6 Å². The fraction of sp³-hybridized carbons (Fsp3) is 0.158. The van der Waals surface area contributed by atoms with E-state index >= 15 is 0 Å². The second kappa shape index (κ2) is 7.71. The van der Waals surface area contributed by atoms with Crippen molar-refractivity contribution in [3.8, 4) is 5.75 Å². The van der Waals surface area contributed by atoms with E-state index in [-0.39, 0.29) is 16.2 Å². The maximum Gasteiger partial charge on any atom is 0.255 e. The SMILES string of the molecule is COc1ccc(NC(=O)C2=C(C)NC(=S)N[C@H]2c2c(F)cccc2F)cc1. The molecule has 0 spiro atoms. The summed E-state index contributed by atoms with van der Waals surface area (Å²) in [5.74, 6) is -1.40. The van der Waals surface area contributed by atoms with Crippen LogP contribution in [0.3, 0.4) is 0 Å². The maximum atomic E-state index is 14.3. The van der Waals surface area contributed by atoms with Gasteiger partial charge in [-0.3, -0.25) is 4.79 Å². The lowest BCUT2D eigenvalue weighted by Crippen LogP contribution is -2.46. The molecule has 1 atom stereocenters. The van der Waals surface area contributed by atoms with Gasteiger partial charge in [0, 0.05) is 11.4 Å². The Morgan fingerprint density at radius 3 is 2.37 bits per heavy atom. The largest absolute Gasteiger partial charge is 0.497 e. The third-order valence-electron chi connectivity index (χ3n) is 4.15. The van der Waals surface area contributed by atoms with Gasteiger partial charge >= 0.3 is 0 Å². The highest BCUT2D eigenvalue weighted by molar-refractivity contribution is 7.80. The quantitative estimate of drug-likeness (QED) is 0.700. The highest BCUT2D eigenvalue weighted by Crippen LogP contribution is 2.31. The molecule has 1 amide bonds. The van der Waals surface area contributed by atoms with Gasteiger partial charge in [-0.05, 0) is 55.5 Å². The minimum atomic E-state index is -1.06. The zero-order chi connectivity index (χ0) is 19.6. The van der Waals surface area contributed by atoms with Crippen molar-refractivity contribution in [3.63, 3.8) is 0 Å². The van der Waals surface area contributed by atoms with Crippen LogP contribution < -0.4 is 20.7 Å². The lowest BCUT2D eigenvalue weighted by molar-refractivity contribution is -0.113. The third-order valence-corrected chi connectivity index (χ3v) is 4.37. The molecule has 140 valence electrons. The first kappa shape index (κ1) is 18.8. The maximum absolute atomic E-state index is 14.3. The summed E-state index contributed by atoms with van der Waals surface area (Å²) >= 11 is 5.10. The number of nitrogens with one attached hydrogen (secondary N) is 3. The van der Waals surface area contributed by atoms with Crippen molar-refractivity contribution < 1.29 is 18.3 Å². The fourth-order valence-electron chi connectivity index (χ4n) is 2.87. The van der Waals surface area contributed by atoms with E-state index in [1.165, 1.54) is 13.2 Å². The zero-order valence-corrected chi connectivity index (χ0v) is 15.4. The van der Waals surface area contributed by atoms with Gasteiger partial charge < -0.3 is 20.7 Å². The predicted octanol–water partition coefficient (Wildman–Crippen LogP) is 3.40. The summed E-state index contributed by atoms with van der Waals surface area (Å²) in [6, 6.07) is 9.20. The first-order valence-corrected chi connectivity index (χ1v) is 8.49. The number of hydrogen-bond acceptors (Lipinski definition) is 3. The van der Waals surface area contributed by atoms with Crippen LogP contribution in [0.15, 0.2) is 53.7 Å². The van der Waals surface area contributed by atoms with Crippen LogP contribution in [0.4, 0.5) is 14.5 Å². The Kier molecular flexibility index (Phi) is 5.36. The molecule has 3 N–H and O–H groups in total. The molecule has 2 aromatic carbocycles. The zero-order valence-electron chi connectivity index (χ0n) is 14.6. The molecule has 0 saturated carbocycles. The van der Waals surface area contributed by atoms with Crippen LogP contribution >= 0.6 is 12.2 Å². The van der Waals surface area contributed by atoms with Gasteiger partial charge in [0.25, 0.3) is 5.91 Å². The number of amides is 1. The van der Waals surface area contributed by atoms with Crippen molar-refractivity contribution in [2.75, 3.05) is 12.4 Å². The van der Waals surface area contributed by atoms with Gasteiger partial charge in [-0.15, -0.1) is 0 Å². The molecule has 8 heteroatoms. The molecule has 1 aliphatic heterocycles. The monoisotopic (exact) mass is 389 g/mol. The number of rotatable bonds is 4. The first-order chi connectivity index (χ1) is 12.9. The summed E-state index contributed by atoms with van der Waals surface area (Å²) in [5.41, 5.74) is 0.809. The molecule has 27 heavy (non-hydrogen) atoms. The van der Waals surface area contributed by atoms with Crippen LogP contribution in [0.5, 0.6) is 5.75 Å². The number of methoxy groups -OCH3 is 1. The molecule has 0 unspecified atom stereocenters. The Hall–Kier alpha value is -3.00. The van der Waals surface area contributed by atoms with Gasteiger partial charge in [0.2, 0.25) is 0 Å². The summed E-state index contributed by atoms with van der Waals surface area (Å²) in [6.07, 6.45) is 0. The molecular formula is C19H17F2N3O2S. The summed E-state index contributed by atoms with van der Waals surface area (Å²) in [7, 11) is 1.54. The molecule has 0 bridgehead atoms. The van der Waals surface area contributed by atoms with Crippen LogP contribution in [0.25, 0.3) is 0 Å². The molecule has 3 rings (SSSR count). The number of benzene rings is 2. The molecule has 0 fully saturated rings. The lowest BCUT2D eigenvalue weighted by atomic mass is 9.94. The molecular weight excluding hydrogens is 372 g/mol. The summed E-state index contributed by atoms with van der Waals surface area (Å²) in [5, 5.41) is 8.52. The van der Waals surface area contributed by atoms with Crippen molar-refractivity contribution in [2.45, 2.75) is 13.0 Å². The Morgan fingerprint density at radius 2 is 1.78 bits per heavy atom. The average Bonchev–Trinajstić information content (AvgIpc) is 2.61. The van der Waals surface area contributed by atoms with Crippen molar-refractivity contribution >= 4 is 28.9 Å². The fourth-order valence-corrected chi connectivity index (χ4v) is 3.14. The van der Waals surface area contributed by atoms with Gasteiger partial charge in [0.15, 0.2) is 5.11 Å². The Labute approximate surface area is 160 Å². The minimum Gasteiger partial charge on any atom is -0.497 e. The molecule has 1 aliphatic rings. The molecule has 0 aliphatic carbocycles. The van der Waals surface area contributed by atoms with E-state index in [4.69, 9.17) is 17.0 Å². The van der Waals surface area contributed by atoms with E-state index in [1.807, 2.05) is 0 Å². The highest BCUT2D eigenvalue weighted by Gasteiger charge is 2.33. The van der Waals surface area contributed by atoms with E-state index in [0.29, 0.717) is 17.1 Å². The van der Waals surface area contributed by atoms with Crippen molar-refractivity contribution in [3.05, 3.63) is 70.9 Å². The van der Waals surface area contributed by atoms with Crippen LogP contribution in [0.2, 0.25) is 0 Å². The van der Waals surface area contributed by atoms with Gasteiger partial charge in [0.1, 0.15) is 17.4 Å². The highest BCUT2D eigenvalue weighted by atomic mass is 32.1. The van der Waals surface area contributed by atoms with Crippen molar-refractivity contribution in [2.24, 2.45) is 0 Å². The number of thiocarbonyl (C=S) groups is 1. The second-order valence-corrected chi connectivity index (χ2v) is 6.30. The number of carbonyl (C=O) groups excluding carboxylic acids is 1. The first-order valence-electron chi connectivity index (χ1n) is 8.08.